The Morgan fingerprint density at radius 3 is 2.68 bits per heavy atom. The summed E-state index contributed by atoms with van der Waals surface area (Å²) < 4.78 is 0.776. The highest BCUT2D eigenvalue weighted by molar-refractivity contribution is 8.01. The Kier molecular flexibility index (Phi) is 7.74. The Balaban J connectivity index is 1.77. The molecule has 0 saturated heterocycles. The number of rotatable bonds is 8. The van der Waals surface area contributed by atoms with Gasteiger partial charge in [0, 0.05) is 22.1 Å². The van der Waals surface area contributed by atoms with Crippen molar-refractivity contribution >= 4 is 52.2 Å². The molecule has 5 nitrogen and oxygen atoms in total. The van der Waals surface area contributed by atoms with Crippen LogP contribution in [0.25, 0.3) is 0 Å². The maximum Gasteiger partial charge on any atom is 0.234 e. The van der Waals surface area contributed by atoms with Crippen molar-refractivity contribution in [2.24, 2.45) is 0 Å². The molecule has 1 aromatic heterocycles. The van der Waals surface area contributed by atoms with E-state index >= 15 is 0 Å². The van der Waals surface area contributed by atoms with Gasteiger partial charge in [-0.1, -0.05) is 30.3 Å². The molecule has 2 amide bonds. The van der Waals surface area contributed by atoms with E-state index in [4.69, 9.17) is 11.6 Å². The number of carbonyl (C=O) groups is 2. The molecule has 2 N–H and O–H groups in total. The fraction of sp³-hybridized carbons (Fsp3) is 0.353. The monoisotopic (exact) mass is 397 g/mol. The average Bonchev–Trinajstić information content (AvgIpc) is 3.02. The van der Waals surface area contributed by atoms with Crippen LogP contribution in [0.4, 0.5) is 5.69 Å². The number of hydrogen-bond donors (Lipinski definition) is 2. The van der Waals surface area contributed by atoms with E-state index in [1.807, 2.05) is 19.2 Å². The molecular formula is C17H20ClN3O2S2. The number of thioether (sulfide) groups is 1. The van der Waals surface area contributed by atoms with E-state index in [2.05, 4.69) is 15.6 Å². The van der Waals surface area contributed by atoms with Crippen LogP contribution in [0.1, 0.15) is 26.0 Å². The summed E-state index contributed by atoms with van der Waals surface area (Å²) in [6.45, 7) is 4.00. The smallest absolute Gasteiger partial charge is 0.234 e. The number of amides is 2. The van der Waals surface area contributed by atoms with Gasteiger partial charge in [-0.15, -0.1) is 11.3 Å². The largest absolute Gasteiger partial charge is 0.353 e. The number of carbonyl (C=O) groups excluding carboxylic acids is 2. The van der Waals surface area contributed by atoms with Crippen molar-refractivity contribution in [3.63, 3.8) is 0 Å². The van der Waals surface area contributed by atoms with Crippen molar-refractivity contribution in [3.8, 4) is 0 Å². The summed E-state index contributed by atoms with van der Waals surface area (Å²) in [6, 6.07) is 7.12. The quantitative estimate of drug-likeness (QED) is 0.661. The SMILES string of the molecule is CC[C@H](C)NC(=O)Cc1csc(SCC(=O)Nc2ccc(Cl)cc2)n1. The minimum atomic E-state index is -0.112. The first-order chi connectivity index (χ1) is 12.0. The van der Waals surface area contributed by atoms with Crippen LogP contribution < -0.4 is 10.6 Å². The number of nitrogens with zero attached hydrogens (tertiary/aromatic N) is 1. The molecule has 0 aliphatic heterocycles. The van der Waals surface area contributed by atoms with Gasteiger partial charge in [0.1, 0.15) is 0 Å². The molecular weight excluding hydrogens is 378 g/mol. The van der Waals surface area contributed by atoms with Gasteiger partial charge in [0.15, 0.2) is 4.34 Å². The second-order valence-electron chi connectivity index (χ2n) is 5.50. The van der Waals surface area contributed by atoms with Crippen LogP contribution in [0.2, 0.25) is 5.02 Å². The Morgan fingerprint density at radius 1 is 1.28 bits per heavy atom. The molecule has 0 saturated carbocycles. The van der Waals surface area contributed by atoms with E-state index in [-0.39, 0.29) is 30.0 Å². The Labute approximate surface area is 160 Å². The van der Waals surface area contributed by atoms with Crippen LogP contribution >= 0.6 is 34.7 Å². The number of anilines is 1. The minimum Gasteiger partial charge on any atom is -0.353 e. The number of benzene rings is 1. The second-order valence-corrected chi connectivity index (χ2v) is 8.02. The van der Waals surface area contributed by atoms with Gasteiger partial charge in [-0.3, -0.25) is 9.59 Å². The van der Waals surface area contributed by atoms with Gasteiger partial charge in [-0.25, -0.2) is 4.98 Å². The zero-order valence-electron chi connectivity index (χ0n) is 14.0. The van der Waals surface area contributed by atoms with E-state index in [1.54, 1.807) is 24.3 Å². The van der Waals surface area contributed by atoms with E-state index in [9.17, 15) is 9.59 Å². The zero-order chi connectivity index (χ0) is 18.2. The van der Waals surface area contributed by atoms with Crippen LogP contribution in [0.15, 0.2) is 34.0 Å². The number of aromatic nitrogens is 1. The lowest BCUT2D eigenvalue weighted by Crippen LogP contribution is -2.33. The topological polar surface area (TPSA) is 71.1 Å². The summed E-state index contributed by atoms with van der Waals surface area (Å²) >= 11 is 8.61. The van der Waals surface area contributed by atoms with Crippen molar-refractivity contribution in [1.29, 1.82) is 0 Å². The lowest BCUT2D eigenvalue weighted by atomic mass is 10.2. The molecule has 0 aliphatic rings. The van der Waals surface area contributed by atoms with Crippen LogP contribution in [0.5, 0.6) is 0 Å². The highest BCUT2D eigenvalue weighted by atomic mass is 35.5. The number of nitrogens with one attached hydrogen (secondary N) is 2. The number of thiazole rings is 1. The Bertz CT molecular complexity index is 719. The predicted octanol–water partition coefficient (Wildman–Crippen LogP) is 3.98. The van der Waals surface area contributed by atoms with Crippen LogP contribution in [0.3, 0.4) is 0 Å². The standard InChI is InChI=1S/C17H20ClN3O2S2/c1-3-11(2)19-15(22)8-14-9-24-17(21-14)25-10-16(23)20-13-6-4-12(18)5-7-13/h4-7,9,11H,3,8,10H2,1-2H3,(H,19,22)(H,20,23)/t11-/m0/s1. The van der Waals surface area contributed by atoms with Gasteiger partial charge in [0.05, 0.1) is 17.9 Å². The Hall–Kier alpha value is -1.57. The molecule has 1 atom stereocenters. The normalized spacial score (nSPS) is 11.8. The summed E-state index contributed by atoms with van der Waals surface area (Å²) in [5.74, 6) is 0.115. The van der Waals surface area contributed by atoms with Gasteiger partial charge < -0.3 is 10.6 Å². The molecule has 0 aliphatic carbocycles. The summed E-state index contributed by atoms with van der Waals surface area (Å²) in [5, 5.41) is 8.20. The molecule has 0 fully saturated rings. The third kappa shape index (κ3) is 7.05. The van der Waals surface area contributed by atoms with E-state index in [0.29, 0.717) is 10.7 Å². The van der Waals surface area contributed by atoms with Crippen molar-refractivity contribution in [3.05, 3.63) is 40.4 Å². The van der Waals surface area contributed by atoms with Gasteiger partial charge in [-0.2, -0.15) is 0 Å². The fourth-order valence-corrected chi connectivity index (χ4v) is 3.66. The van der Waals surface area contributed by atoms with Gasteiger partial charge in [0.25, 0.3) is 0 Å². The van der Waals surface area contributed by atoms with Crippen molar-refractivity contribution in [1.82, 2.24) is 10.3 Å². The summed E-state index contributed by atoms with van der Waals surface area (Å²) in [5.41, 5.74) is 1.43. The first-order valence-electron chi connectivity index (χ1n) is 7.88. The summed E-state index contributed by atoms with van der Waals surface area (Å²) in [7, 11) is 0. The van der Waals surface area contributed by atoms with Crippen molar-refractivity contribution in [2.75, 3.05) is 11.1 Å². The second kappa shape index (κ2) is 9.79. The van der Waals surface area contributed by atoms with Crippen LogP contribution in [-0.2, 0) is 16.0 Å². The highest BCUT2D eigenvalue weighted by Crippen LogP contribution is 2.23. The minimum absolute atomic E-state index is 0.0309. The van der Waals surface area contributed by atoms with Crippen molar-refractivity contribution < 1.29 is 9.59 Å². The molecule has 0 bridgehead atoms. The van der Waals surface area contributed by atoms with Gasteiger partial charge in [-0.05, 0) is 37.6 Å². The van der Waals surface area contributed by atoms with E-state index in [1.165, 1.54) is 23.1 Å². The van der Waals surface area contributed by atoms with Crippen LogP contribution in [0, 0.1) is 0 Å². The zero-order valence-corrected chi connectivity index (χ0v) is 16.4. The average molecular weight is 398 g/mol. The van der Waals surface area contributed by atoms with Crippen molar-refractivity contribution in [2.45, 2.75) is 37.1 Å². The molecule has 1 aromatic carbocycles. The highest BCUT2D eigenvalue weighted by Gasteiger charge is 2.11. The molecule has 0 radical (unpaired) electrons. The number of hydrogen-bond acceptors (Lipinski definition) is 5. The maximum atomic E-state index is 12.0. The third-order valence-corrected chi connectivity index (χ3v) is 5.67. The molecule has 0 spiro atoms. The summed E-state index contributed by atoms with van der Waals surface area (Å²) in [4.78, 5) is 28.2. The number of halogens is 1. The van der Waals surface area contributed by atoms with E-state index < -0.39 is 0 Å². The van der Waals surface area contributed by atoms with Gasteiger partial charge in [0.2, 0.25) is 11.8 Å². The van der Waals surface area contributed by atoms with E-state index in [0.717, 1.165) is 16.5 Å². The molecule has 1 heterocycles. The maximum absolute atomic E-state index is 12.0. The Morgan fingerprint density at radius 2 is 2.00 bits per heavy atom. The lowest BCUT2D eigenvalue weighted by molar-refractivity contribution is -0.121. The van der Waals surface area contributed by atoms with Gasteiger partial charge >= 0.3 is 0 Å². The predicted molar refractivity (Wildman–Crippen MR) is 105 cm³/mol. The first kappa shape index (κ1) is 19.8. The molecule has 2 rings (SSSR count). The molecule has 8 heteroatoms. The molecule has 0 unspecified atom stereocenters. The molecule has 134 valence electrons. The fourth-order valence-electron chi connectivity index (χ4n) is 1.89. The summed E-state index contributed by atoms with van der Waals surface area (Å²) in [6.07, 6.45) is 1.16. The molecule has 2 aromatic rings. The lowest BCUT2D eigenvalue weighted by Gasteiger charge is -2.10. The third-order valence-electron chi connectivity index (χ3n) is 3.35. The van der Waals surface area contributed by atoms with Crippen LogP contribution in [-0.4, -0.2) is 28.6 Å². The first-order valence-corrected chi connectivity index (χ1v) is 10.1. The molecule has 25 heavy (non-hydrogen) atoms.